The number of rotatable bonds is 1. The number of fused-ring (bicyclic) bond motifs is 1. The van der Waals surface area contributed by atoms with Crippen LogP contribution in [0.25, 0.3) is 6.08 Å². The van der Waals surface area contributed by atoms with Gasteiger partial charge in [0, 0.05) is 0 Å². The first-order valence-corrected chi connectivity index (χ1v) is 5.58. The van der Waals surface area contributed by atoms with Crippen molar-refractivity contribution in [2.45, 2.75) is 4.82 Å². The normalized spacial score (nSPS) is 18.8. The van der Waals surface area contributed by atoms with Crippen molar-refractivity contribution in [2.24, 2.45) is 0 Å². The van der Waals surface area contributed by atoms with Gasteiger partial charge in [-0.15, -0.1) is 0 Å². The van der Waals surface area contributed by atoms with Gasteiger partial charge in [0.1, 0.15) is 0 Å². The third-order valence-electron chi connectivity index (χ3n) is 1.93. The summed E-state index contributed by atoms with van der Waals surface area (Å²) in [6, 6.07) is 8.27. The fraction of sp³-hybridized carbons (Fsp3) is 0.100. The van der Waals surface area contributed by atoms with Crippen molar-refractivity contribution < 1.29 is 0 Å². The number of nitrogens with zero attached hydrogens (tertiary/aromatic N) is 1. The van der Waals surface area contributed by atoms with Crippen molar-refractivity contribution in [1.29, 1.82) is 5.26 Å². The van der Waals surface area contributed by atoms with Crippen molar-refractivity contribution in [3.05, 3.63) is 41.5 Å². The van der Waals surface area contributed by atoms with Crippen LogP contribution in [0, 0.1) is 10.2 Å². The molecule has 1 unspecified atom stereocenters. The van der Waals surface area contributed by atoms with Gasteiger partial charge in [0.2, 0.25) is 0 Å². The fourth-order valence-corrected chi connectivity index (χ4v) is 2.66. The van der Waals surface area contributed by atoms with E-state index in [1.165, 1.54) is 11.1 Å². The van der Waals surface area contributed by atoms with E-state index in [2.05, 4.69) is 29.3 Å². The molecule has 0 radical (unpaired) electrons. The van der Waals surface area contributed by atoms with Crippen LogP contribution in [-0.4, -0.2) is 15.0 Å². The maximum absolute atomic E-state index is 8.60. The molecule has 2 heteroatoms. The molecule has 1 aromatic carbocycles. The van der Waals surface area contributed by atoms with E-state index >= 15 is 0 Å². The van der Waals surface area contributed by atoms with Crippen molar-refractivity contribution in [1.82, 2.24) is 0 Å². The van der Waals surface area contributed by atoms with Crippen LogP contribution in [0.15, 0.2) is 30.3 Å². The van der Waals surface area contributed by atoms with E-state index in [-0.39, 0.29) is 15.0 Å². The zero-order valence-electron chi connectivity index (χ0n) is 6.40. The molecule has 1 atom stereocenters. The molecule has 12 heavy (non-hydrogen) atoms. The minimum atomic E-state index is 0.0586. The third kappa shape index (κ3) is 1.18. The molecule has 2 rings (SSSR count). The number of hydrogen-bond acceptors (Lipinski definition) is 1. The molecule has 0 saturated heterocycles. The molecule has 0 aliphatic heterocycles. The van der Waals surface area contributed by atoms with Crippen LogP contribution in [0.2, 0.25) is 0 Å². The van der Waals surface area contributed by atoms with Crippen molar-refractivity contribution in [3.63, 3.8) is 0 Å². The second-order valence-corrected chi connectivity index (χ2v) is 4.56. The van der Waals surface area contributed by atoms with Gasteiger partial charge in [-0.25, -0.2) is 0 Å². The molecule has 0 spiro atoms. The van der Waals surface area contributed by atoms with Crippen LogP contribution in [0.5, 0.6) is 0 Å². The zero-order chi connectivity index (χ0) is 8.39. The Labute approximate surface area is 77.9 Å². The summed E-state index contributed by atoms with van der Waals surface area (Å²) in [7, 11) is 0. The number of nitriles is 1. The van der Waals surface area contributed by atoms with Gasteiger partial charge in [-0.2, -0.15) is 0 Å². The minimum absolute atomic E-state index is 0.0586. The van der Waals surface area contributed by atoms with E-state index in [0.29, 0.717) is 4.82 Å². The molecular weight excluding hydrogens is 213 g/mol. The van der Waals surface area contributed by atoms with Crippen LogP contribution >= 0.6 is 0 Å². The van der Waals surface area contributed by atoms with Gasteiger partial charge in [0.25, 0.3) is 0 Å². The first-order chi connectivity index (χ1) is 5.92. The van der Waals surface area contributed by atoms with Gasteiger partial charge in [-0.1, -0.05) is 0 Å². The van der Waals surface area contributed by atoms with Crippen molar-refractivity contribution in [2.75, 3.05) is 0 Å². The molecule has 0 aromatic heterocycles. The molecule has 0 heterocycles. The number of allylic oxidation sites excluding steroid dienone is 1. The van der Waals surface area contributed by atoms with Crippen molar-refractivity contribution >= 4 is 21.0 Å². The zero-order valence-corrected chi connectivity index (χ0v) is 8.11. The summed E-state index contributed by atoms with van der Waals surface area (Å²) in [4.78, 5) is 2.65. The molecular formula is C10H7NSe. The molecule has 0 N–H and O–H groups in total. The van der Waals surface area contributed by atoms with E-state index in [4.69, 9.17) is 5.26 Å². The Balaban J connectivity index is 2.37. The quantitative estimate of drug-likeness (QED) is 0.663. The predicted octanol–water partition coefficient (Wildman–Crippen LogP) is 1.94. The summed E-state index contributed by atoms with van der Waals surface area (Å²) in [5, 5.41) is 8.60. The summed E-state index contributed by atoms with van der Waals surface area (Å²) < 4.78 is 0. The van der Waals surface area contributed by atoms with E-state index in [1.54, 1.807) is 0 Å². The maximum atomic E-state index is 8.60. The molecule has 1 aliphatic carbocycles. The summed E-state index contributed by atoms with van der Waals surface area (Å²) in [5.41, 5.74) is 2.60. The average Bonchev–Trinajstić information content (AvgIpc) is 2.50. The fourth-order valence-electron chi connectivity index (χ4n) is 1.38. The average molecular weight is 220 g/mol. The third-order valence-corrected chi connectivity index (χ3v) is 3.55. The van der Waals surface area contributed by atoms with Crippen LogP contribution in [0.3, 0.4) is 0 Å². The topological polar surface area (TPSA) is 23.8 Å². The van der Waals surface area contributed by atoms with E-state index < -0.39 is 0 Å². The Morgan fingerprint density at radius 1 is 1.33 bits per heavy atom. The second kappa shape index (κ2) is 3.15. The predicted molar refractivity (Wildman–Crippen MR) is 49.6 cm³/mol. The Hall–Kier alpha value is -1.03. The Bertz CT molecular complexity index is 362. The van der Waals surface area contributed by atoms with E-state index in [9.17, 15) is 0 Å². The Kier molecular flexibility index (Phi) is 1.99. The SMILES string of the molecule is N#C[Se]C1C=Cc2ccccc21. The van der Waals surface area contributed by atoms with Gasteiger partial charge < -0.3 is 0 Å². The monoisotopic (exact) mass is 221 g/mol. The molecule has 0 fully saturated rings. The summed E-state index contributed by atoms with van der Waals surface area (Å²) in [6.07, 6.45) is 4.24. The van der Waals surface area contributed by atoms with E-state index in [1.807, 2.05) is 12.1 Å². The van der Waals surface area contributed by atoms with Crippen LogP contribution in [0.1, 0.15) is 15.9 Å². The van der Waals surface area contributed by atoms with Gasteiger partial charge in [0.15, 0.2) is 0 Å². The van der Waals surface area contributed by atoms with Crippen molar-refractivity contribution in [3.8, 4) is 4.97 Å². The molecule has 0 bridgehead atoms. The molecule has 0 amide bonds. The van der Waals surface area contributed by atoms with Crippen LogP contribution < -0.4 is 0 Å². The molecule has 1 aromatic rings. The Morgan fingerprint density at radius 2 is 2.17 bits per heavy atom. The van der Waals surface area contributed by atoms with Crippen LogP contribution in [-0.2, 0) is 0 Å². The van der Waals surface area contributed by atoms with Gasteiger partial charge >= 0.3 is 77.5 Å². The van der Waals surface area contributed by atoms with Crippen LogP contribution in [0.4, 0.5) is 0 Å². The molecule has 1 nitrogen and oxygen atoms in total. The van der Waals surface area contributed by atoms with Gasteiger partial charge in [-0.3, -0.25) is 0 Å². The first kappa shape index (κ1) is 7.61. The molecule has 58 valence electrons. The standard InChI is InChI=1S/C10H7NSe/c11-7-12-10-6-5-8-3-1-2-4-9(8)10/h1-6,10H. The summed E-state index contributed by atoms with van der Waals surface area (Å²) in [5.74, 6) is 0. The number of hydrogen-bond donors (Lipinski definition) is 0. The summed E-state index contributed by atoms with van der Waals surface area (Å²) >= 11 is 0.0586. The molecule has 0 saturated carbocycles. The van der Waals surface area contributed by atoms with Gasteiger partial charge in [-0.05, 0) is 0 Å². The van der Waals surface area contributed by atoms with E-state index in [0.717, 1.165) is 0 Å². The second-order valence-electron chi connectivity index (χ2n) is 2.62. The Morgan fingerprint density at radius 3 is 3.00 bits per heavy atom. The molecule has 1 aliphatic rings. The number of benzene rings is 1. The first-order valence-electron chi connectivity index (χ1n) is 3.73. The summed E-state index contributed by atoms with van der Waals surface area (Å²) in [6.45, 7) is 0. The van der Waals surface area contributed by atoms with Gasteiger partial charge in [0.05, 0.1) is 0 Å².